The van der Waals surface area contributed by atoms with Gasteiger partial charge in [-0.15, -0.1) is 0 Å². The van der Waals surface area contributed by atoms with Crippen LogP contribution in [0, 0.1) is 26.6 Å². The van der Waals surface area contributed by atoms with Crippen LogP contribution in [0.1, 0.15) is 13.8 Å². The number of anilines is 1. The molecule has 3 nitrogen and oxygen atoms in total. The Morgan fingerprint density at radius 2 is 1.78 bits per heavy atom. The minimum atomic E-state index is -0.409. The minimum absolute atomic E-state index is 0.196. The van der Waals surface area contributed by atoms with E-state index in [9.17, 15) is 14.0 Å². The molecular weight excluding hydrogens is 348 g/mol. The lowest BCUT2D eigenvalue weighted by atomic mass is 10.1. The number of carbonyl (C=O) groups excluding carboxylic acids is 2. The molecule has 2 unspecified atom stereocenters. The van der Waals surface area contributed by atoms with Gasteiger partial charge < -0.3 is 0 Å². The highest BCUT2D eigenvalue weighted by molar-refractivity contribution is 14.1. The Morgan fingerprint density at radius 1 is 1.22 bits per heavy atom. The molecule has 2 atom stereocenters. The van der Waals surface area contributed by atoms with Gasteiger partial charge in [-0.1, -0.05) is 19.9 Å². The molecule has 0 N–H and O–H groups in total. The molecule has 18 heavy (non-hydrogen) atoms. The first kappa shape index (κ1) is 12.1. The van der Waals surface area contributed by atoms with Gasteiger partial charge in [0.2, 0.25) is 11.8 Å². The number of nitrogens with zero attached hydrogens (tertiary/aromatic N) is 1. The van der Waals surface area contributed by atoms with E-state index in [1.54, 1.807) is 6.07 Å². The molecular formula is C13H11FINO2. The van der Waals surface area contributed by atoms with E-state index in [2.05, 4.69) is 0 Å². The smallest absolute Gasteiger partial charge is 0.238 e. The second-order valence-electron chi connectivity index (χ2n) is 5.36. The summed E-state index contributed by atoms with van der Waals surface area (Å²) in [6.45, 7) is 3.85. The average molecular weight is 359 g/mol. The molecule has 0 radical (unpaired) electrons. The monoisotopic (exact) mass is 359 g/mol. The van der Waals surface area contributed by atoms with Gasteiger partial charge in [-0.3, -0.25) is 9.59 Å². The quantitative estimate of drug-likeness (QED) is 0.571. The van der Waals surface area contributed by atoms with E-state index in [-0.39, 0.29) is 29.1 Å². The van der Waals surface area contributed by atoms with Crippen molar-refractivity contribution < 1.29 is 14.0 Å². The lowest BCUT2D eigenvalue weighted by Gasteiger charge is -2.21. The Balaban J connectivity index is 2.04. The number of imide groups is 1. The Hall–Kier alpha value is -0.980. The first-order valence-corrected chi connectivity index (χ1v) is 6.77. The van der Waals surface area contributed by atoms with Crippen LogP contribution < -0.4 is 4.90 Å². The fourth-order valence-electron chi connectivity index (χ4n) is 2.85. The summed E-state index contributed by atoms with van der Waals surface area (Å²) in [5, 5.41) is 0. The highest BCUT2D eigenvalue weighted by Gasteiger charge is 2.72. The van der Waals surface area contributed by atoms with E-state index in [1.807, 2.05) is 36.4 Å². The topological polar surface area (TPSA) is 37.4 Å². The highest BCUT2D eigenvalue weighted by Crippen LogP contribution is 2.63. The Kier molecular flexibility index (Phi) is 2.36. The number of carbonyl (C=O) groups is 2. The molecule has 94 valence electrons. The van der Waals surface area contributed by atoms with E-state index in [1.165, 1.54) is 12.1 Å². The number of amides is 2. The summed E-state index contributed by atoms with van der Waals surface area (Å²) in [5.74, 6) is -1.27. The number of rotatable bonds is 1. The molecule has 2 aliphatic rings. The van der Waals surface area contributed by atoms with Crippen molar-refractivity contribution in [1.82, 2.24) is 0 Å². The van der Waals surface area contributed by atoms with Crippen LogP contribution in [0.25, 0.3) is 0 Å². The van der Waals surface area contributed by atoms with Gasteiger partial charge in [0, 0.05) is 0 Å². The third-order valence-electron chi connectivity index (χ3n) is 3.97. The fraction of sp³-hybridized carbons (Fsp3) is 0.385. The lowest BCUT2D eigenvalue weighted by molar-refractivity contribution is -0.125. The van der Waals surface area contributed by atoms with Crippen molar-refractivity contribution in [2.24, 2.45) is 17.3 Å². The molecule has 1 aliphatic carbocycles. The van der Waals surface area contributed by atoms with Crippen LogP contribution in [0.3, 0.4) is 0 Å². The van der Waals surface area contributed by atoms with E-state index in [0.717, 1.165) is 4.90 Å². The summed E-state index contributed by atoms with van der Waals surface area (Å²) in [4.78, 5) is 25.6. The zero-order valence-electron chi connectivity index (χ0n) is 9.91. The van der Waals surface area contributed by atoms with E-state index >= 15 is 0 Å². The van der Waals surface area contributed by atoms with Gasteiger partial charge in [0.1, 0.15) is 5.82 Å². The van der Waals surface area contributed by atoms with Crippen LogP contribution in [-0.4, -0.2) is 11.8 Å². The minimum Gasteiger partial charge on any atom is -0.274 e. The molecule has 1 aromatic rings. The molecule has 0 aromatic heterocycles. The summed E-state index contributed by atoms with van der Waals surface area (Å²) in [5.41, 5.74) is 0.136. The van der Waals surface area contributed by atoms with Crippen molar-refractivity contribution in [3.8, 4) is 0 Å². The van der Waals surface area contributed by atoms with Crippen LogP contribution in [0.15, 0.2) is 18.2 Å². The molecule has 5 heteroatoms. The van der Waals surface area contributed by atoms with Crippen LogP contribution in [0.5, 0.6) is 0 Å². The third kappa shape index (κ3) is 1.34. The van der Waals surface area contributed by atoms with Gasteiger partial charge in [-0.25, -0.2) is 9.29 Å². The van der Waals surface area contributed by atoms with Crippen molar-refractivity contribution in [3.63, 3.8) is 0 Å². The van der Waals surface area contributed by atoms with Crippen LogP contribution in [-0.2, 0) is 9.59 Å². The van der Waals surface area contributed by atoms with Gasteiger partial charge >= 0.3 is 0 Å². The van der Waals surface area contributed by atoms with Crippen LogP contribution in [0.4, 0.5) is 10.1 Å². The maximum Gasteiger partial charge on any atom is 0.238 e. The van der Waals surface area contributed by atoms with Gasteiger partial charge in [0.25, 0.3) is 0 Å². The van der Waals surface area contributed by atoms with E-state index in [4.69, 9.17) is 0 Å². The molecule has 1 aliphatic heterocycles. The van der Waals surface area contributed by atoms with Gasteiger partial charge in [-0.05, 0) is 40.1 Å². The van der Waals surface area contributed by atoms with Crippen molar-refractivity contribution in [2.45, 2.75) is 13.8 Å². The van der Waals surface area contributed by atoms with Gasteiger partial charge in [-0.2, -0.15) is 0 Å². The molecule has 0 bridgehead atoms. The van der Waals surface area contributed by atoms with Crippen molar-refractivity contribution in [2.75, 3.05) is 4.90 Å². The molecule has 0 spiro atoms. The molecule has 2 fully saturated rings. The van der Waals surface area contributed by atoms with E-state index < -0.39 is 5.82 Å². The van der Waals surface area contributed by atoms with Crippen molar-refractivity contribution in [3.05, 3.63) is 27.6 Å². The maximum atomic E-state index is 13.5. The van der Waals surface area contributed by atoms with E-state index in [0.29, 0.717) is 9.26 Å². The summed E-state index contributed by atoms with van der Waals surface area (Å²) in [6, 6.07) is 4.45. The number of hydrogen-bond acceptors (Lipinski definition) is 2. The lowest BCUT2D eigenvalue weighted by Crippen LogP contribution is -2.36. The summed E-state index contributed by atoms with van der Waals surface area (Å²) >= 11 is 1.82. The van der Waals surface area contributed by atoms with Crippen molar-refractivity contribution >= 4 is 40.1 Å². The number of benzene rings is 1. The molecule has 1 saturated carbocycles. The third-order valence-corrected chi connectivity index (χ3v) is 5.04. The SMILES string of the molecule is CC1(C)C2C(=O)N(c3cccc(F)c3I)C(=O)C21. The second-order valence-corrected chi connectivity index (χ2v) is 6.44. The summed E-state index contributed by atoms with van der Waals surface area (Å²) in [7, 11) is 0. The zero-order chi connectivity index (χ0) is 13.2. The van der Waals surface area contributed by atoms with Crippen LogP contribution in [0.2, 0.25) is 0 Å². The molecule has 3 rings (SSSR count). The molecule has 1 heterocycles. The Morgan fingerprint density at radius 3 is 2.33 bits per heavy atom. The fourth-order valence-corrected chi connectivity index (χ4v) is 3.45. The summed E-state index contributed by atoms with van der Waals surface area (Å²) in [6.07, 6.45) is 0. The first-order chi connectivity index (χ1) is 8.37. The standard InChI is InChI=1S/C13H11FINO2/c1-13(2)8-9(13)12(18)16(11(8)17)7-5-3-4-6(14)10(7)15/h3-5,8-9H,1-2H3. The average Bonchev–Trinajstić information content (AvgIpc) is 2.75. The number of hydrogen-bond donors (Lipinski definition) is 0. The Labute approximate surface area is 117 Å². The molecule has 1 saturated heterocycles. The number of fused-ring (bicyclic) bond motifs is 1. The predicted octanol–water partition coefficient (Wildman–Crippen LogP) is 2.58. The Bertz CT molecular complexity index is 560. The molecule has 2 amide bonds. The number of piperidine rings is 1. The van der Waals surface area contributed by atoms with Crippen molar-refractivity contribution in [1.29, 1.82) is 0 Å². The normalized spacial score (nSPS) is 28.6. The zero-order valence-corrected chi connectivity index (χ0v) is 12.1. The number of halogens is 2. The second kappa shape index (κ2) is 3.53. The summed E-state index contributed by atoms with van der Waals surface area (Å²) < 4.78 is 13.8. The first-order valence-electron chi connectivity index (χ1n) is 5.69. The highest BCUT2D eigenvalue weighted by atomic mass is 127. The van der Waals surface area contributed by atoms with Gasteiger partial charge in [0.15, 0.2) is 0 Å². The molecule has 1 aromatic carbocycles. The largest absolute Gasteiger partial charge is 0.274 e. The van der Waals surface area contributed by atoms with Gasteiger partial charge in [0.05, 0.1) is 21.1 Å². The van der Waals surface area contributed by atoms with Crippen LogP contribution >= 0.6 is 22.6 Å². The maximum absolute atomic E-state index is 13.5. The predicted molar refractivity (Wildman–Crippen MR) is 72.4 cm³/mol.